The van der Waals surface area contributed by atoms with Crippen molar-refractivity contribution in [3.8, 4) is 0 Å². The molecule has 0 aromatic carbocycles. The summed E-state index contributed by atoms with van der Waals surface area (Å²) in [5.41, 5.74) is 1.18. The Morgan fingerprint density at radius 2 is 2.24 bits per heavy atom. The lowest BCUT2D eigenvalue weighted by Gasteiger charge is -2.33. The van der Waals surface area contributed by atoms with Gasteiger partial charge in [0.15, 0.2) is 5.96 Å². The monoisotopic (exact) mass is 532 g/mol. The van der Waals surface area contributed by atoms with Crippen LogP contribution in [0.2, 0.25) is 0 Å². The maximum Gasteiger partial charge on any atom is 0.191 e. The number of thiophene rings is 1. The molecule has 0 saturated carbocycles. The number of aromatic nitrogens is 2. The lowest BCUT2D eigenvalue weighted by molar-refractivity contribution is 0.0671. The summed E-state index contributed by atoms with van der Waals surface area (Å²) in [5, 5.41) is 23.8. The number of hydrogen-bond donors (Lipinski definition) is 3. The number of nitrogens with one attached hydrogen (secondary N) is 2. The highest BCUT2D eigenvalue weighted by Crippen LogP contribution is 2.25. The highest BCUT2D eigenvalue weighted by molar-refractivity contribution is 14.0. The van der Waals surface area contributed by atoms with Crippen molar-refractivity contribution in [3.05, 3.63) is 39.8 Å². The van der Waals surface area contributed by atoms with E-state index in [1.54, 1.807) is 17.8 Å². The second-order valence-corrected chi connectivity index (χ2v) is 8.69. The van der Waals surface area contributed by atoms with Gasteiger partial charge in [-0.2, -0.15) is 5.10 Å². The number of halogens is 1. The zero-order valence-corrected chi connectivity index (χ0v) is 20.8. The molecule has 162 valence electrons. The first-order valence-electron chi connectivity index (χ1n) is 9.92. The van der Waals surface area contributed by atoms with Crippen molar-refractivity contribution in [1.82, 2.24) is 25.3 Å². The second kappa shape index (κ2) is 10.7. The van der Waals surface area contributed by atoms with Gasteiger partial charge in [-0.15, -0.1) is 35.3 Å². The first-order valence-corrected chi connectivity index (χ1v) is 10.8. The standard InChI is InChI=1S/C20H32N6OS.HI/c1-5-21-19(23-14-20(3,27)17-11-24-25(4)13-17)22-10-15(2)26-8-6-18-16(12-26)7-9-28-18;/h7,9,11,13,15,27H,5-6,8,10,12,14H2,1-4H3,(H2,21,22,23);1H. The molecule has 3 rings (SSSR count). The van der Waals surface area contributed by atoms with Gasteiger partial charge in [-0.25, -0.2) is 4.99 Å². The maximum absolute atomic E-state index is 10.7. The number of guanidine groups is 1. The summed E-state index contributed by atoms with van der Waals surface area (Å²) in [5.74, 6) is 0.728. The average Bonchev–Trinajstić information content (AvgIpc) is 3.32. The number of rotatable bonds is 7. The van der Waals surface area contributed by atoms with E-state index in [-0.39, 0.29) is 30.5 Å². The summed E-state index contributed by atoms with van der Waals surface area (Å²) in [6, 6.07) is 2.65. The molecular weight excluding hydrogens is 499 g/mol. The zero-order valence-electron chi connectivity index (χ0n) is 17.7. The van der Waals surface area contributed by atoms with Crippen LogP contribution in [0.15, 0.2) is 28.8 Å². The molecule has 0 saturated heterocycles. The molecule has 2 aromatic rings. The Kier molecular flexibility index (Phi) is 8.92. The fourth-order valence-corrected chi connectivity index (χ4v) is 4.28. The molecule has 3 heterocycles. The third-order valence-corrected chi connectivity index (χ3v) is 6.26. The van der Waals surface area contributed by atoms with Crippen molar-refractivity contribution in [2.45, 2.75) is 45.4 Å². The molecule has 0 spiro atoms. The lowest BCUT2D eigenvalue weighted by Crippen LogP contribution is -2.47. The molecule has 0 radical (unpaired) electrons. The van der Waals surface area contributed by atoms with E-state index in [0.717, 1.165) is 44.1 Å². The van der Waals surface area contributed by atoms with Gasteiger partial charge in [0.05, 0.1) is 12.7 Å². The first-order chi connectivity index (χ1) is 13.4. The molecule has 7 nitrogen and oxygen atoms in total. The van der Waals surface area contributed by atoms with Crippen LogP contribution in [-0.4, -0.2) is 58.0 Å². The zero-order chi connectivity index (χ0) is 20.1. The summed E-state index contributed by atoms with van der Waals surface area (Å²) in [6.45, 7) is 10.0. The van der Waals surface area contributed by atoms with Crippen molar-refractivity contribution in [3.63, 3.8) is 0 Å². The Labute approximate surface area is 194 Å². The maximum atomic E-state index is 10.7. The van der Waals surface area contributed by atoms with Crippen molar-refractivity contribution >= 4 is 41.3 Å². The molecule has 1 aliphatic rings. The Morgan fingerprint density at radius 3 is 2.93 bits per heavy atom. The van der Waals surface area contributed by atoms with Crippen LogP contribution in [0.1, 0.15) is 36.8 Å². The van der Waals surface area contributed by atoms with E-state index in [9.17, 15) is 5.11 Å². The average molecular weight is 532 g/mol. The van der Waals surface area contributed by atoms with Crippen molar-refractivity contribution in [2.24, 2.45) is 12.0 Å². The third kappa shape index (κ3) is 6.40. The Bertz CT molecular complexity index is 803. The number of nitrogens with zero attached hydrogens (tertiary/aromatic N) is 4. The topological polar surface area (TPSA) is 77.7 Å². The Morgan fingerprint density at radius 1 is 1.45 bits per heavy atom. The SMILES string of the molecule is CCNC(=NCC(C)(O)c1cnn(C)c1)NCC(C)N1CCc2sccc2C1.I. The van der Waals surface area contributed by atoms with Gasteiger partial charge in [-0.05, 0) is 44.2 Å². The van der Waals surface area contributed by atoms with Gasteiger partial charge in [-0.3, -0.25) is 9.58 Å². The van der Waals surface area contributed by atoms with Crippen LogP contribution in [0.25, 0.3) is 0 Å². The largest absolute Gasteiger partial charge is 0.383 e. The minimum Gasteiger partial charge on any atom is -0.383 e. The van der Waals surface area contributed by atoms with Gasteiger partial charge in [0.2, 0.25) is 0 Å². The van der Waals surface area contributed by atoms with E-state index in [1.165, 1.54) is 10.4 Å². The normalized spacial score (nSPS) is 17.8. The number of aliphatic hydroxyl groups is 1. The highest BCUT2D eigenvalue weighted by atomic mass is 127. The highest BCUT2D eigenvalue weighted by Gasteiger charge is 2.25. The van der Waals surface area contributed by atoms with Crippen molar-refractivity contribution < 1.29 is 5.11 Å². The molecule has 9 heteroatoms. The van der Waals surface area contributed by atoms with E-state index in [1.807, 2.05) is 31.5 Å². The van der Waals surface area contributed by atoms with Crippen LogP contribution in [0.3, 0.4) is 0 Å². The lowest BCUT2D eigenvalue weighted by atomic mass is 10.0. The smallest absolute Gasteiger partial charge is 0.191 e. The predicted octanol–water partition coefficient (Wildman–Crippen LogP) is 2.31. The fraction of sp³-hybridized carbons (Fsp3) is 0.600. The van der Waals surface area contributed by atoms with Crippen LogP contribution in [0.5, 0.6) is 0 Å². The van der Waals surface area contributed by atoms with Crippen LogP contribution >= 0.6 is 35.3 Å². The number of hydrogen-bond acceptors (Lipinski definition) is 5. The summed E-state index contributed by atoms with van der Waals surface area (Å²) in [7, 11) is 1.84. The van der Waals surface area contributed by atoms with Gasteiger partial charge < -0.3 is 15.7 Å². The number of aryl methyl sites for hydroxylation is 1. The summed E-state index contributed by atoms with van der Waals surface area (Å²) in [6.07, 6.45) is 4.65. The minimum absolute atomic E-state index is 0. The minimum atomic E-state index is -1.05. The molecular formula is C20H33IN6OS. The van der Waals surface area contributed by atoms with Gasteiger partial charge in [-0.1, -0.05) is 0 Å². The summed E-state index contributed by atoms with van der Waals surface area (Å²) in [4.78, 5) is 8.65. The molecule has 0 aliphatic carbocycles. The molecule has 0 bridgehead atoms. The van der Waals surface area contributed by atoms with Crippen LogP contribution < -0.4 is 10.6 Å². The molecule has 29 heavy (non-hydrogen) atoms. The predicted molar refractivity (Wildman–Crippen MR) is 130 cm³/mol. The fourth-order valence-electron chi connectivity index (χ4n) is 3.39. The van der Waals surface area contributed by atoms with Gasteiger partial charge >= 0.3 is 0 Å². The number of fused-ring (bicyclic) bond motifs is 1. The van der Waals surface area contributed by atoms with E-state index < -0.39 is 5.60 Å². The Hall–Kier alpha value is -1.17. The quantitative estimate of drug-likeness (QED) is 0.290. The molecule has 1 aliphatic heterocycles. The van der Waals surface area contributed by atoms with E-state index in [4.69, 9.17) is 0 Å². The van der Waals surface area contributed by atoms with Crippen LogP contribution in [-0.2, 0) is 25.6 Å². The van der Waals surface area contributed by atoms with E-state index in [2.05, 4.69) is 44.0 Å². The second-order valence-electron chi connectivity index (χ2n) is 7.69. The van der Waals surface area contributed by atoms with E-state index >= 15 is 0 Å². The van der Waals surface area contributed by atoms with Gasteiger partial charge in [0.1, 0.15) is 5.60 Å². The molecule has 0 amide bonds. The summed E-state index contributed by atoms with van der Waals surface area (Å²) < 4.78 is 1.69. The molecule has 3 N–H and O–H groups in total. The molecule has 0 fully saturated rings. The van der Waals surface area contributed by atoms with Crippen LogP contribution in [0, 0.1) is 0 Å². The summed E-state index contributed by atoms with van der Waals surface area (Å²) >= 11 is 1.87. The first kappa shape index (κ1) is 24.1. The Balaban J connectivity index is 0.00000300. The number of aliphatic imine (C=N–C) groups is 1. The third-order valence-electron chi connectivity index (χ3n) is 5.24. The molecule has 2 atom stereocenters. The van der Waals surface area contributed by atoms with Crippen molar-refractivity contribution in [1.29, 1.82) is 0 Å². The molecule has 2 aromatic heterocycles. The van der Waals surface area contributed by atoms with E-state index in [0.29, 0.717) is 6.04 Å². The van der Waals surface area contributed by atoms with Gasteiger partial charge in [0.25, 0.3) is 0 Å². The van der Waals surface area contributed by atoms with Crippen molar-refractivity contribution in [2.75, 3.05) is 26.2 Å². The van der Waals surface area contributed by atoms with Crippen LogP contribution in [0.4, 0.5) is 0 Å². The van der Waals surface area contributed by atoms with Gasteiger partial charge in [0, 0.05) is 55.9 Å². The molecule has 2 unspecified atom stereocenters.